The molecule has 0 radical (unpaired) electrons. The molecule has 0 aliphatic carbocycles. The first-order valence-corrected chi connectivity index (χ1v) is 9.89. The molecule has 1 fully saturated rings. The van der Waals surface area contributed by atoms with Gasteiger partial charge in [-0.15, -0.1) is 0 Å². The van der Waals surface area contributed by atoms with E-state index in [1.54, 1.807) is 38.1 Å². The molecule has 0 unspecified atom stereocenters. The zero-order valence-corrected chi connectivity index (χ0v) is 15.0. The van der Waals surface area contributed by atoms with Crippen LogP contribution in [0.5, 0.6) is 0 Å². The van der Waals surface area contributed by atoms with Crippen molar-refractivity contribution in [1.29, 1.82) is 0 Å². The smallest absolute Gasteiger partial charge is 0.253 e. The molecule has 0 saturated carbocycles. The van der Waals surface area contributed by atoms with E-state index in [-0.39, 0.29) is 11.7 Å². The predicted molar refractivity (Wildman–Crippen MR) is 93.2 cm³/mol. The van der Waals surface area contributed by atoms with Crippen LogP contribution in [0.3, 0.4) is 0 Å². The van der Waals surface area contributed by atoms with Crippen LogP contribution in [0.2, 0.25) is 0 Å². The Kier molecular flexibility index (Phi) is 5.68. The molecule has 2 rings (SSSR count). The third-order valence-corrected chi connectivity index (χ3v) is 6.20. The summed E-state index contributed by atoms with van der Waals surface area (Å²) in [4.78, 5) is 14.4. The minimum atomic E-state index is -3.29. The maximum atomic E-state index is 12.5. The predicted octanol–water partition coefficient (Wildman–Crippen LogP) is 2.73. The van der Waals surface area contributed by atoms with Gasteiger partial charge in [0, 0.05) is 25.2 Å². The molecular formula is C17H26N2O3S. The second-order valence-corrected chi connectivity index (χ2v) is 8.29. The number of nitrogens with zero attached hydrogens (tertiary/aromatic N) is 2. The van der Waals surface area contributed by atoms with Gasteiger partial charge in [-0.25, -0.2) is 8.42 Å². The Hall–Kier alpha value is -1.56. The molecule has 128 valence electrons. The van der Waals surface area contributed by atoms with E-state index in [4.69, 9.17) is 0 Å². The summed E-state index contributed by atoms with van der Waals surface area (Å²) in [5.41, 5.74) is 1.23. The van der Waals surface area contributed by atoms with E-state index in [2.05, 4.69) is 6.92 Å². The summed E-state index contributed by atoms with van der Waals surface area (Å²) in [6, 6.07) is 6.89. The third kappa shape index (κ3) is 4.05. The lowest BCUT2D eigenvalue weighted by molar-refractivity contribution is 0.0683. The molecule has 1 aliphatic rings. The van der Waals surface area contributed by atoms with E-state index < -0.39 is 10.0 Å². The van der Waals surface area contributed by atoms with Crippen LogP contribution in [-0.4, -0.2) is 44.6 Å². The largest absolute Gasteiger partial charge is 0.338 e. The number of likely N-dealkylation sites (tertiary alicyclic amines) is 1. The number of carbonyl (C=O) groups excluding carboxylic acids is 1. The molecular weight excluding hydrogens is 312 g/mol. The van der Waals surface area contributed by atoms with Gasteiger partial charge in [-0.3, -0.25) is 9.10 Å². The number of sulfonamides is 1. The highest BCUT2D eigenvalue weighted by Gasteiger charge is 2.23. The Morgan fingerprint density at radius 3 is 2.43 bits per heavy atom. The maximum absolute atomic E-state index is 12.5. The molecule has 1 atom stereocenters. The van der Waals surface area contributed by atoms with Crippen molar-refractivity contribution in [3.05, 3.63) is 29.8 Å². The van der Waals surface area contributed by atoms with Crippen LogP contribution in [0.25, 0.3) is 0 Å². The molecule has 1 aliphatic heterocycles. The molecule has 1 saturated heterocycles. The van der Waals surface area contributed by atoms with E-state index in [9.17, 15) is 13.2 Å². The van der Waals surface area contributed by atoms with Crippen LogP contribution in [0.15, 0.2) is 24.3 Å². The Morgan fingerprint density at radius 1 is 1.26 bits per heavy atom. The average Bonchev–Trinajstić information content (AvgIpc) is 2.55. The summed E-state index contributed by atoms with van der Waals surface area (Å²) in [5.74, 6) is 0.634. The Bertz CT molecular complexity index is 640. The molecule has 0 bridgehead atoms. The highest BCUT2D eigenvalue weighted by Crippen LogP contribution is 2.22. The number of benzene rings is 1. The van der Waals surface area contributed by atoms with Gasteiger partial charge in [-0.2, -0.15) is 0 Å². The molecule has 5 nitrogen and oxygen atoms in total. The zero-order valence-electron chi connectivity index (χ0n) is 14.2. The van der Waals surface area contributed by atoms with Gasteiger partial charge in [0.1, 0.15) is 0 Å². The Balaban J connectivity index is 2.17. The first-order chi connectivity index (χ1) is 10.9. The molecule has 6 heteroatoms. The van der Waals surface area contributed by atoms with Crippen molar-refractivity contribution in [2.45, 2.75) is 33.6 Å². The SMILES string of the molecule is CCN(c1ccc(C(=O)N2CCC[C@H](C)C2)cc1)S(=O)(=O)CC. The molecule has 23 heavy (non-hydrogen) atoms. The van der Waals surface area contributed by atoms with Crippen LogP contribution in [-0.2, 0) is 10.0 Å². The first-order valence-electron chi connectivity index (χ1n) is 8.28. The molecule has 1 amide bonds. The molecule has 1 heterocycles. The van der Waals surface area contributed by atoms with Crippen molar-refractivity contribution in [1.82, 2.24) is 4.90 Å². The fourth-order valence-corrected chi connectivity index (χ4v) is 4.17. The lowest BCUT2D eigenvalue weighted by Gasteiger charge is -2.31. The van der Waals surface area contributed by atoms with Gasteiger partial charge in [0.15, 0.2) is 0 Å². The zero-order chi connectivity index (χ0) is 17.0. The van der Waals surface area contributed by atoms with Crippen molar-refractivity contribution in [2.75, 3.05) is 29.7 Å². The van der Waals surface area contributed by atoms with Crippen LogP contribution in [0, 0.1) is 5.92 Å². The van der Waals surface area contributed by atoms with Crippen molar-refractivity contribution in [3.8, 4) is 0 Å². The lowest BCUT2D eigenvalue weighted by atomic mass is 9.99. The van der Waals surface area contributed by atoms with Gasteiger partial charge in [0.05, 0.1) is 11.4 Å². The molecule has 0 aromatic heterocycles. The second kappa shape index (κ2) is 7.34. The van der Waals surface area contributed by atoms with Crippen molar-refractivity contribution >= 4 is 21.6 Å². The molecule has 1 aromatic carbocycles. The van der Waals surface area contributed by atoms with E-state index in [1.807, 2.05) is 4.90 Å². The molecule has 0 spiro atoms. The third-order valence-electron chi connectivity index (χ3n) is 4.33. The number of carbonyl (C=O) groups is 1. The summed E-state index contributed by atoms with van der Waals surface area (Å²) in [7, 11) is -3.29. The van der Waals surface area contributed by atoms with E-state index >= 15 is 0 Å². The monoisotopic (exact) mass is 338 g/mol. The van der Waals surface area contributed by atoms with Crippen LogP contribution in [0.1, 0.15) is 44.0 Å². The Morgan fingerprint density at radius 2 is 1.91 bits per heavy atom. The number of hydrogen-bond donors (Lipinski definition) is 0. The number of anilines is 1. The summed E-state index contributed by atoms with van der Waals surface area (Å²) >= 11 is 0. The highest BCUT2D eigenvalue weighted by atomic mass is 32.2. The van der Waals surface area contributed by atoms with E-state index in [1.165, 1.54) is 10.7 Å². The summed E-state index contributed by atoms with van der Waals surface area (Å²) in [6.45, 7) is 7.58. The summed E-state index contributed by atoms with van der Waals surface area (Å²) < 4.78 is 25.5. The van der Waals surface area contributed by atoms with Gasteiger partial charge in [0.25, 0.3) is 5.91 Å². The maximum Gasteiger partial charge on any atom is 0.253 e. The van der Waals surface area contributed by atoms with Gasteiger partial charge >= 0.3 is 0 Å². The molecule has 1 aromatic rings. The quantitative estimate of drug-likeness (QED) is 0.829. The average molecular weight is 338 g/mol. The fourth-order valence-electron chi connectivity index (χ4n) is 3.02. The topological polar surface area (TPSA) is 57.7 Å². The fraction of sp³-hybridized carbons (Fsp3) is 0.588. The number of amides is 1. The van der Waals surface area contributed by atoms with Crippen molar-refractivity contribution in [3.63, 3.8) is 0 Å². The van der Waals surface area contributed by atoms with Crippen molar-refractivity contribution in [2.24, 2.45) is 5.92 Å². The minimum absolute atomic E-state index is 0.0319. The van der Waals surface area contributed by atoms with Crippen molar-refractivity contribution < 1.29 is 13.2 Å². The first kappa shape index (κ1) is 17.8. The van der Waals surface area contributed by atoms with Crippen LogP contribution in [0.4, 0.5) is 5.69 Å². The van der Waals surface area contributed by atoms with E-state index in [0.717, 1.165) is 19.5 Å². The second-order valence-electron chi connectivity index (χ2n) is 6.11. The number of hydrogen-bond acceptors (Lipinski definition) is 3. The van der Waals surface area contributed by atoms with Gasteiger partial charge in [0.2, 0.25) is 10.0 Å². The lowest BCUT2D eigenvalue weighted by Crippen LogP contribution is -2.39. The highest BCUT2D eigenvalue weighted by molar-refractivity contribution is 7.92. The van der Waals surface area contributed by atoms with Gasteiger partial charge in [-0.1, -0.05) is 6.92 Å². The minimum Gasteiger partial charge on any atom is -0.338 e. The summed E-state index contributed by atoms with van der Waals surface area (Å²) in [6.07, 6.45) is 2.21. The number of rotatable bonds is 5. The normalized spacial score (nSPS) is 18.7. The van der Waals surface area contributed by atoms with Gasteiger partial charge < -0.3 is 4.90 Å². The van der Waals surface area contributed by atoms with Crippen LogP contribution < -0.4 is 4.31 Å². The standard InChI is InChI=1S/C17H26N2O3S/c1-4-19(23(21,22)5-2)16-10-8-15(9-11-16)17(20)18-12-6-7-14(3)13-18/h8-11,14H,4-7,12-13H2,1-3H3/t14-/m0/s1. The summed E-state index contributed by atoms with van der Waals surface area (Å²) in [5, 5.41) is 0. The van der Waals surface area contributed by atoms with E-state index in [0.29, 0.717) is 23.7 Å². The van der Waals surface area contributed by atoms with Crippen LogP contribution >= 0.6 is 0 Å². The Labute approximate surface area is 139 Å². The molecule has 0 N–H and O–H groups in total. The number of piperidine rings is 1. The van der Waals surface area contributed by atoms with Gasteiger partial charge in [-0.05, 0) is 56.9 Å².